The minimum absolute atomic E-state index is 0.342. The zero-order chi connectivity index (χ0) is 12.6. The van der Waals surface area contributed by atoms with Gasteiger partial charge in [-0.25, -0.2) is 0 Å². The number of alkyl halides is 1. The maximum atomic E-state index is 3.74. The van der Waals surface area contributed by atoms with E-state index in [1.54, 1.807) is 0 Å². The molecule has 0 spiro atoms. The molecule has 1 heteroatoms. The molecule has 0 radical (unpaired) electrons. The fraction of sp³-hybridized carbons (Fsp3) is 0.625. The van der Waals surface area contributed by atoms with Crippen molar-refractivity contribution in [2.24, 2.45) is 0 Å². The van der Waals surface area contributed by atoms with Crippen LogP contribution in [0.15, 0.2) is 30.3 Å². The van der Waals surface area contributed by atoms with Crippen LogP contribution in [0.25, 0.3) is 0 Å². The molecule has 0 nitrogen and oxygen atoms in total. The average molecular weight is 297 g/mol. The van der Waals surface area contributed by atoms with Gasteiger partial charge in [-0.2, -0.15) is 0 Å². The summed E-state index contributed by atoms with van der Waals surface area (Å²) in [6.45, 7) is 4.59. The van der Waals surface area contributed by atoms with Crippen LogP contribution in [0, 0.1) is 0 Å². The number of hydrogen-bond donors (Lipinski definition) is 0. The Morgan fingerprint density at radius 2 is 1.71 bits per heavy atom. The zero-order valence-electron chi connectivity index (χ0n) is 11.2. The van der Waals surface area contributed by atoms with Crippen LogP contribution < -0.4 is 0 Å². The van der Waals surface area contributed by atoms with Crippen molar-refractivity contribution < 1.29 is 0 Å². The van der Waals surface area contributed by atoms with Gasteiger partial charge in [-0.1, -0.05) is 85.8 Å². The summed E-state index contributed by atoms with van der Waals surface area (Å²) in [6, 6.07) is 11.0. The molecule has 0 amide bonds. The lowest BCUT2D eigenvalue weighted by Crippen LogP contribution is -2.27. The first-order chi connectivity index (χ1) is 8.29. The maximum absolute atomic E-state index is 3.74. The first kappa shape index (κ1) is 14.8. The van der Waals surface area contributed by atoms with Crippen molar-refractivity contribution in [1.82, 2.24) is 0 Å². The minimum Gasteiger partial charge on any atom is -0.0918 e. The smallest absolute Gasteiger partial charge is 0.0128 e. The number of benzene rings is 1. The predicted molar refractivity (Wildman–Crippen MR) is 81.0 cm³/mol. The lowest BCUT2D eigenvalue weighted by atomic mass is 9.76. The molecule has 0 saturated heterocycles. The minimum atomic E-state index is 0.342. The fourth-order valence-corrected chi connectivity index (χ4v) is 3.45. The Labute approximate surface area is 115 Å². The van der Waals surface area contributed by atoms with E-state index in [9.17, 15) is 0 Å². The van der Waals surface area contributed by atoms with E-state index in [2.05, 4.69) is 60.1 Å². The van der Waals surface area contributed by atoms with Crippen LogP contribution in [0.3, 0.4) is 0 Å². The van der Waals surface area contributed by atoms with Gasteiger partial charge in [0.2, 0.25) is 0 Å². The molecule has 1 unspecified atom stereocenters. The van der Waals surface area contributed by atoms with Gasteiger partial charge in [0.05, 0.1) is 0 Å². The fourth-order valence-electron chi connectivity index (χ4n) is 2.45. The second kappa shape index (κ2) is 7.92. The lowest BCUT2D eigenvalue weighted by Gasteiger charge is -2.31. The molecule has 0 heterocycles. The van der Waals surface area contributed by atoms with Crippen LogP contribution in [0.4, 0.5) is 0 Å². The molecule has 96 valence electrons. The second-order valence-corrected chi connectivity index (χ2v) is 5.50. The Hall–Kier alpha value is -0.300. The molecule has 0 bridgehead atoms. The number of halogens is 1. The van der Waals surface area contributed by atoms with Gasteiger partial charge in [-0.15, -0.1) is 0 Å². The molecular formula is C16H25Br. The molecule has 0 aliphatic carbocycles. The molecule has 1 atom stereocenters. The molecule has 1 aromatic rings. The van der Waals surface area contributed by atoms with Gasteiger partial charge in [0, 0.05) is 10.7 Å². The molecule has 0 fully saturated rings. The van der Waals surface area contributed by atoms with E-state index in [0.717, 1.165) is 5.33 Å². The third kappa shape index (κ3) is 4.13. The first-order valence-corrected chi connectivity index (χ1v) is 8.02. The molecule has 1 rings (SSSR count). The third-order valence-corrected chi connectivity index (χ3v) is 4.90. The monoisotopic (exact) mass is 296 g/mol. The predicted octanol–water partition coefficient (Wildman–Crippen LogP) is 5.70. The normalized spacial score (nSPS) is 14.5. The number of unbranched alkanes of at least 4 members (excludes halogenated alkanes) is 3. The van der Waals surface area contributed by atoms with Crippen LogP contribution in [0.1, 0.15) is 57.9 Å². The van der Waals surface area contributed by atoms with Crippen molar-refractivity contribution in [2.45, 2.75) is 57.8 Å². The van der Waals surface area contributed by atoms with E-state index in [-0.39, 0.29) is 0 Å². The highest BCUT2D eigenvalue weighted by molar-refractivity contribution is 9.09. The van der Waals surface area contributed by atoms with E-state index in [0.29, 0.717) is 5.41 Å². The third-order valence-electron chi connectivity index (χ3n) is 3.83. The number of rotatable bonds is 8. The summed E-state index contributed by atoms with van der Waals surface area (Å²) in [5, 5.41) is 1.08. The van der Waals surface area contributed by atoms with Gasteiger partial charge in [-0.05, 0) is 18.4 Å². The van der Waals surface area contributed by atoms with Gasteiger partial charge in [0.15, 0.2) is 0 Å². The summed E-state index contributed by atoms with van der Waals surface area (Å²) in [4.78, 5) is 0. The molecule has 0 N–H and O–H groups in total. The largest absolute Gasteiger partial charge is 0.0918 e. The molecule has 0 aliphatic heterocycles. The van der Waals surface area contributed by atoms with Crippen LogP contribution in [0.2, 0.25) is 0 Å². The molecule has 0 aromatic heterocycles. The van der Waals surface area contributed by atoms with E-state index in [1.165, 1.54) is 44.1 Å². The molecule has 0 aliphatic rings. The average Bonchev–Trinajstić information content (AvgIpc) is 2.41. The van der Waals surface area contributed by atoms with Crippen LogP contribution in [-0.2, 0) is 5.41 Å². The van der Waals surface area contributed by atoms with Crippen molar-refractivity contribution in [2.75, 3.05) is 5.33 Å². The van der Waals surface area contributed by atoms with E-state index >= 15 is 0 Å². The zero-order valence-corrected chi connectivity index (χ0v) is 12.8. The Balaban J connectivity index is 2.68. The quantitative estimate of drug-likeness (QED) is 0.426. The topological polar surface area (TPSA) is 0 Å². The molecule has 17 heavy (non-hydrogen) atoms. The van der Waals surface area contributed by atoms with Crippen LogP contribution in [0.5, 0.6) is 0 Å². The Bertz CT molecular complexity index is 288. The van der Waals surface area contributed by atoms with Crippen molar-refractivity contribution in [3.05, 3.63) is 35.9 Å². The standard InChI is InChI=1S/C16H25Br/c1-3-5-6-10-13-16(4-2,14-17)15-11-8-7-9-12-15/h7-9,11-12H,3-6,10,13-14H2,1-2H3. The van der Waals surface area contributed by atoms with Crippen molar-refractivity contribution >= 4 is 15.9 Å². The summed E-state index contributed by atoms with van der Waals surface area (Å²) >= 11 is 3.74. The highest BCUT2D eigenvalue weighted by Crippen LogP contribution is 2.35. The molecule has 1 aromatic carbocycles. The SMILES string of the molecule is CCCCCCC(CC)(CBr)c1ccccc1. The van der Waals surface area contributed by atoms with Gasteiger partial charge in [-0.3, -0.25) is 0 Å². The molecule has 0 saturated carbocycles. The summed E-state index contributed by atoms with van der Waals surface area (Å²) in [5.41, 5.74) is 1.84. The maximum Gasteiger partial charge on any atom is 0.0128 e. The van der Waals surface area contributed by atoms with Crippen molar-refractivity contribution in [3.8, 4) is 0 Å². The van der Waals surface area contributed by atoms with Crippen LogP contribution in [-0.4, -0.2) is 5.33 Å². The highest BCUT2D eigenvalue weighted by atomic mass is 79.9. The Morgan fingerprint density at radius 1 is 1.00 bits per heavy atom. The lowest BCUT2D eigenvalue weighted by molar-refractivity contribution is 0.406. The van der Waals surface area contributed by atoms with Gasteiger partial charge < -0.3 is 0 Å². The van der Waals surface area contributed by atoms with E-state index in [4.69, 9.17) is 0 Å². The summed E-state index contributed by atoms with van der Waals surface area (Å²) in [6.07, 6.45) is 7.93. The Morgan fingerprint density at radius 3 is 2.24 bits per heavy atom. The van der Waals surface area contributed by atoms with Gasteiger partial charge in [0.25, 0.3) is 0 Å². The van der Waals surface area contributed by atoms with Crippen molar-refractivity contribution in [1.29, 1.82) is 0 Å². The summed E-state index contributed by atoms with van der Waals surface area (Å²) < 4.78 is 0. The van der Waals surface area contributed by atoms with E-state index in [1.807, 2.05) is 0 Å². The van der Waals surface area contributed by atoms with Crippen molar-refractivity contribution in [3.63, 3.8) is 0 Å². The highest BCUT2D eigenvalue weighted by Gasteiger charge is 2.28. The molecular weight excluding hydrogens is 272 g/mol. The summed E-state index contributed by atoms with van der Waals surface area (Å²) in [5.74, 6) is 0. The second-order valence-electron chi connectivity index (χ2n) is 4.94. The van der Waals surface area contributed by atoms with Crippen LogP contribution >= 0.6 is 15.9 Å². The van der Waals surface area contributed by atoms with E-state index < -0.39 is 0 Å². The summed E-state index contributed by atoms with van der Waals surface area (Å²) in [7, 11) is 0. The first-order valence-electron chi connectivity index (χ1n) is 6.90. The number of hydrogen-bond acceptors (Lipinski definition) is 0. The Kier molecular flexibility index (Phi) is 6.87. The van der Waals surface area contributed by atoms with Gasteiger partial charge >= 0.3 is 0 Å². The van der Waals surface area contributed by atoms with Gasteiger partial charge in [0.1, 0.15) is 0 Å².